The maximum atomic E-state index is 11.5. The topological polar surface area (TPSA) is 82.1 Å². The van der Waals surface area contributed by atoms with Gasteiger partial charge in [-0.25, -0.2) is 9.59 Å². The van der Waals surface area contributed by atoms with Crippen molar-refractivity contribution in [1.29, 1.82) is 0 Å². The highest BCUT2D eigenvalue weighted by atomic mass is 16.6. The van der Waals surface area contributed by atoms with Crippen LogP contribution in [0.5, 0.6) is 11.5 Å². The van der Waals surface area contributed by atoms with Crippen molar-refractivity contribution in [1.82, 2.24) is 0 Å². The first kappa shape index (κ1) is 13.9. The monoisotopic (exact) mass is 278 g/mol. The second kappa shape index (κ2) is 6.10. The maximum absolute atomic E-state index is 11.5. The predicted molar refractivity (Wildman–Crippen MR) is 69.1 cm³/mol. The molecular weight excluding hydrogens is 264 g/mol. The van der Waals surface area contributed by atoms with Crippen molar-refractivity contribution in [3.63, 3.8) is 0 Å². The SMILES string of the molecule is COc1ccc(C=CC(=O)OC2CCOC2=O)cc1O. The van der Waals surface area contributed by atoms with Gasteiger partial charge in [-0.05, 0) is 23.8 Å². The van der Waals surface area contributed by atoms with E-state index in [9.17, 15) is 14.7 Å². The van der Waals surface area contributed by atoms with Gasteiger partial charge in [-0.1, -0.05) is 6.07 Å². The van der Waals surface area contributed by atoms with Crippen LogP contribution in [-0.4, -0.2) is 36.9 Å². The van der Waals surface area contributed by atoms with Crippen molar-refractivity contribution in [3.8, 4) is 11.5 Å². The normalized spacial score (nSPS) is 18.1. The third-order valence-corrected chi connectivity index (χ3v) is 2.76. The van der Waals surface area contributed by atoms with Gasteiger partial charge in [-0.2, -0.15) is 0 Å². The lowest BCUT2D eigenvalue weighted by atomic mass is 10.2. The van der Waals surface area contributed by atoms with Crippen LogP contribution in [0.3, 0.4) is 0 Å². The van der Waals surface area contributed by atoms with Gasteiger partial charge in [0.1, 0.15) is 0 Å². The van der Waals surface area contributed by atoms with Crippen LogP contribution in [0.4, 0.5) is 0 Å². The number of cyclic esters (lactones) is 1. The molecule has 1 atom stereocenters. The number of carbonyl (C=O) groups excluding carboxylic acids is 2. The van der Waals surface area contributed by atoms with Gasteiger partial charge in [0, 0.05) is 12.5 Å². The molecule has 6 heteroatoms. The lowest BCUT2D eigenvalue weighted by Crippen LogP contribution is -2.21. The molecule has 1 aliphatic heterocycles. The summed E-state index contributed by atoms with van der Waals surface area (Å²) in [7, 11) is 1.45. The highest BCUT2D eigenvalue weighted by Crippen LogP contribution is 2.26. The molecule has 1 unspecified atom stereocenters. The van der Waals surface area contributed by atoms with Crippen LogP contribution in [0.1, 0.15) is 12.0 Å². The van der Waals surface area contributed by atoms with Crippen LogP contribution in [-0.2, 0) is 19.1 Å². The molecule has 106 valence electrons. The zero-order valence-electron chi connectivity index (χ0n) is 10.9. The van der Waals surface area contributed by atoms with Crippen LogP contribution >= 0.6 is 0 Å². The minimum absolute atomic E-state index is 0.0256. The Hall–Kier alpha value is -2.50. The van der Waals surface area contributed by atoms with Crippen molar-refractivity contribution >= 4 is 18.0 Å². The molecule has 1 aromatic carbocycles. The average Bonchev–Trinajstić information content (AvgIpc) is 2.82. The molecule has 6 nitrogen and oxygen atoms in total. The average molecular weight is 278 g/mol. The van der Waals surface area contributed by atoms with Gasteiger partial charge in [0.25, 0.3) is 0 Å². The number of hydrogen-bond donors (Lipinski definition) is 1. The van der Waals surface area contributed by atoms with Crippen LogP contribution in [0.2, 0.25) is 0 Å². The Kier molecular flexibility index (Phi) is 4.24. The number of ether oxygens (including phenoxy) is 3. The molecule has 0 bridgehead atoms. The van der Waals surface area contributed by atoms with Crippen LogP contribution in [0.15, 0.2) is 24.3 Å². The summed E-state index contributed by atoms with van der Waals surface area (Å²) in [5.41, 5.74) is 0.606. The molecule has 1 N–H and O–H groups in total. The summed E-state index contributed by atoms with van der Waals surface area (Å²) in [5.74, 6) is -0.834. The molecule has 1 fully saturated rings. The van der Waals surface area contributed by atoms with Crippen molar-refractivity contribution in [2.45, 2.75) is 12.5 Å². The Morgan fingerprint density at radius 3 is 2.90 bits per heavy atom. The van der Waals surface area contributed by atoms with Gasteiger partial charge in [0.2, 0.25) is 6.10 Å². The number of benzene rings is 1. The Labute approximate surface area is 115 Å². The minimum Gasteiger partial charge on any atom is -0.504 e. The second-order valence-corrected chi connectivity index (χ2v) is 4.15. The number of esters is 2. The summed E-state index contributed by atoms with van der Waals surface area (Å²) in [6, 6.07) is 4.70. The summed E-state index contributed by atoms with van der Waals surface area (Å²) < 4.78 is 14.5. The number of phenolic OH excluding ortho intramolecular Hbond substituents is 1. The van der Waals surface area contributed by atoms with Crippen molar-refractivity contribution in [3.05, 3.63) is 29.8 Å². The molecule has 0 saturated carbocycles. The number of phenols is 1. The molecule has 1 aliphatic rings. The fraction of sp³-hybridized carbons (Fsp3) is 0.286. The Morgan fingerprint density at radius 2 is 2.30 bits per heavy atom. The van der Waals surface area contributed by atoms with E-state index < -0.39 is 18.0 Å². The number of methoxy groups -OCH3 is 1. The molecule has 20 heavy (non-hydrogen) atoms. The molecule has 1 aromatic rings. The van der Waals surface area contributed by atoms with Gasteiger partial charge >= 0.3 is 11.9 Å². The van der Waals surface area contributed by atoms with E-state index in [0.29, 0.717) is 17.7 Å². The maximum Gasteiger partial charge on any atom is 0.347 e. The molecule has 0 aromatic heterocycles. The van der Waals surface area contributed by atoms with Gasteiger partial charge in [0.15, 0.2) is 11.5 Å². The Balaban J connectivity index is 1.96. The van der Waals surface area contributed by atoms with Crippen molar-refractivity contribution in [2.24, 2.45) is 0 Å². The first-order valence-electron chi connectivity index (χ1n) is 6.02. The van der Waals surface area contributed by atoms with Gasteiger partial charge in [0.05, 0.1) is 13.7 Å². The van der Waals surface area contributed by atoms with Crippen LogP contribution < -0.4 is 4.74 Å². The van der Waals surface area contributed by atoms with E-state index in [1.54, 1.807) is 12.1 Å². The summed E-state index contributed by atoms with van der Waals surface area (Å²) in [6.07, 6.45) is 2.22. The summed E-state index contributed by atoms with van der Waals surface area (Å²) in [6.45, 7) is 0.271. The quantitative estimate of drug-likeness (QED) is 0.660. The molecule has 0 spiro atoms. The zero-order valence-corrected chi connectivity index (χ0v) is 10.9. The molecule has 0 radical (unpaired) electrons. The second-order valence-electron chi connectivity index (χ2n) is 4.15. The van der Waals surface area contributed by atoms with Crippen LogP contribution in [0.25, 0.3) is 6.08 Å². The Morgan fingerprint density at radius 1 is 1.50 bits per heavy atom. The van der Waals surface area contributed by atoms with E-state index >= 15 is 0 Å². The van der Waals surface area contributed by atoms with Crippen molar-refractivity contribution < 1.29 is 28.9 Å². The fourth-order valence-corrected chi connectivity index (χ4v) is 1.74. The standard InChI is InChI=1S/C14H14O6/c1-18-11-4-2-9(8-10(11)15)3-5-13(16)20-12-6-7-19-14(12)17/h2-5,8,12,15H,6-7H2,1H3. The first-order valence-corrected chi connectivity index (χ1v) is 6.02. The van der Waals surface area contributed by atoms with Crippen molar-refractivity contribution in [2.75, 3.05) is 13.7 Å². The number of hydrogen-bond acceptors (Lipinski definition) is 6. The third-order valence-electron chi connectivity index (χ3n) is 2.76. The highest BCUT2D eigenvalue weighted by molar-refractivity contribution is 5.89. The van der Waals surface area contributed by atoms with E-state index in [2.05, 4.69) is 4.74 Å². The number of carbonyl (C=O) groups is 2. The zero-order chi connectivity index (χ0) is 14.5. The minimum atomic E-state index is -0.823. The first-order chi connectivity index (χ1) is 9.60. The lowest BCUT2D eigenvalue weighted by Gasteiger charge is -2.05. The molecule has 0 aliphatic carbocycles. The van der Waals surface area contributed by atoms with E-state index in [1.165, 1.54) is 25.3 Å². The molecule has 1 saturated heterocycles. The number of aromatic hydroxyl groups is 1. The summed E-state index contributed by atoms with van der Waals surface area (Å²) >= 11 is 0. The van der Waals surface area contributed by atoms with Gasteiger partial charge < -0.3 is 19.3 Å². The summed E-state index contributed by atoms with van der Waals surface area (Å²) in [4.78, 5) is 22.7. The Bertz CT molecular complexity index is 549. The molecule has 0 amide bonds. The molecule has 1 heterocycles. The third kappa shape index (κ3) is 3.28. The van der Waals surface area contributed by atoms with E-state index in [0.717, 1.165) is 0 Å². The van der Waals surface area contributed by atoms with E-state index in [1.807, 2.05) is 0 Å². The van der Waals surface area contributed by atoms with E-state index in [4.69, 9.17) is 9.47 Å². The molecule has 2 rings (SSSR count). The van der Waals surface area contributed by atoms with Gasteiger partial charge in [-0.3, -0.25) is 0 Å². The van der Waals surface area contributed by atoms with Gasteiger partial charge in [-0.15, -0.1) is 0 Å². The smallest absolute Gasteiger partial charge is 0.347 e. The molecular formula is C14H14O6. The number of rotatable bonds is 4. The highest BCUT2D eigenvalue weighted by Gasteiger charge is 2.29. The lowest BCUT2D eigenvalue weighted by molar-refractivity contribution is -0.156. The predicted octanol–water partition coefficient (Wildman–Crippen LogP) is 1.27. The summed E-state index contributed by atoms with van der Waals surface area (Å²) in [5, 5.41) is 9.58. The largest absolute Gasteiger partial charge is 0.504 e. The van der Waals surface area contributed by atoms with Crippen LogP contribution in [0, 0.1) is 0 Å². The van der Waals surface area contributed by atoms with E-state index in [-0.39, 0.29) is 12.4 Å². The fourth-order valence-electron chi connectivity index (χ4n) is 1.74.